The third-order valence-corrected chi connectivity index (χ3v) is 4.85. The molecule has 1 saturated heterocycles. The number of nitrogens with zero attached hydrogens (tertiary/aromatic N) is 3. The van der Waals surface area contributed by atoms with E-state index in [4.69, 9.17) is 9.26 Å². The fourth-order valence-corrected chi connectivity index (χ4v) is 3.35. The van der Waals surface area contributed by atoms with E-state index >= 15 is 0 Å². The first-order valence-electron chi connectivity index (χ1n) is 9.30. The molecule has 0 unspecified atom stereocenters. The van der Waals surface area contributed by atoms with Gasteiger partial charge in [0.25, 0.3) is 5.89 Å². The van der Waals surface area contributed by atoms with Gasteiger partial charge in [-0.2, -0.15) is 4.98 Å². The van der Waals surface area contributed by atoms with Crippen LogP contribution in [-0.4, -0.2) is 28.6 Å². The zero-order chi connectivity index (χ0) is 19.7. The summed E-state index contributed by atoms with van der Waals surface area (Å²) in [5.41, 5.74) is 0.817. The molecule has 1 aromatic heterocycles. The summed E-state index contributed by atoms with van der Waals surface area (Å²) in [5.74, 6) is -0.0658. The second-order valence-corrected chi connectivity index (χ2v) is 7.21. The molecule has 144 valence electrons. The molecule has 1 amide bonds. The second kappa shape index (κ2) is 7.42. The minimum Gasteiger partial charge on any atom is -0.455 e. The lowest BCUT2D eigenvalue weighted by Gasteiger charge is -2.18. The first kappa shape index (κ1) is 18.2. The number of carbonyl (C=O) groups is 2. The molecule has 7 heteroatoms. The maximum Gasteiger partial charge on any atom is 0.311 e. The number of carbonyl (C=O) groups excluding carboxylic acids is 2. The lowest BCUT2D eigenvalue weighted by molar-refractivity contribution is -0.150. The van der Waals surface area contributed by atoms with Crippen LogP contribution in [0.5, 0.6) is 0 Å². The molecule has 1 fully saturated rings. The monoisotopic (exact) mass is 379 g/mol. The van der Waals surface area contributed by atoms with Gasteiger partial charge in [0.15, 0.2) is 12.4 Å². The van der Waals surface area contributed by atoms with E-state index < -0.39 is 11.9 Å². The molecule has 4 rings (SSSR count). The van der Waals surface area contributed by atoms with Crippen LogP contribution in [0, 0.1) is 5.92 Å². The van der Waals surface area contributed by atoms with Gasteiger partial charge < -0.3 is 14.2 Å². The number of amides is 1. The maximum absolute atomic E-state index is 12.6. The van der Waals surface area contributed by atoms with E-state index in [-0.39, 0.29) is 30.7 Å². The van der Waals surface area contributed by atoms with Crippen molar-refractivity contribution in [2.75, 3.05) is 11.4 Å². The third kappa shape index (κ3) is 3.47. The molecule has 0 aliphatic carbocycles. The van der Waals surface area contributed by atoms with Crippen LogP contribution < -0.4 is 4.90 Å². The normalized spacial score (nSPS) is 16.9. The Morgan fingerprint density at radius 3 is 2.82 bits per heavy atom. The Morgan fingerprint density at radius 1 is 1.25 bits per heavy atom. The molecule has 28 heavy (non-hydrogen) atoms. The quantitative estimate of drug-likeness (QED) is 0.631. The number of ether oxygens (including phenoxy) is 1. The summed E-state index contributed by atoms with van der Waals surface area (Å²) in [5, 5.41) is 5.88. The molecule has 0 radical (unpaired) electrons. The summed E-state index contributed by atoms with van der Waals surface area (Å²) >= 11 is 0. The van der Waals surface area contributed by atoms with Crippen molar-refractivity contribution in [2.24, 2.45) is 5.92 Å². The molecule has 0 bridgehead atoms. The fourth-order valence-electron chi connectivity index (χ4n) is 3.35. The van der Waals surface area contributed by atoms with Crippen molar-refractivity contribution in [3.05, 3.63) is 54.2 Å². The molecule has 0 N–H and O–H groups in total. The van der Waals surface area contributed by atoms with E-state index in [0.29, 0.717) is 12.4 Å². The summed E-state index contributed by atoms with van der Waals surface area (Å²) in [4.78, 5) is 30.9. The Labute approximate surface area is 162 Å². The van der Waals surface area contributed by atoms with Gasteiger partial charge in [-0.3, -0.25) is 9.59 Å². The SMILES string of the molecule is CC(C)c1noc(COC(=O)[C@@H]2CC(=O)N(c3cccc4ccccc34)C2)n1. The molecular weight excluding hydrogens is 358 g/mol. The average molecular weight is 379 g/mol. The minimum atomic E-state index is -0.515. The number of anilines is 1. The first-order valence-corrected chi connectivity index (χ1v) is 9.30. The highest BCUT2D eigenvalue weighted by Crippen LogP contribution is 2.32. The minimum absolute atomic E-state index is 0.0850. The summed E-state index contributed by atoms with van der Waals surface area (Å²) in [7, 11) is 0. The standard InChI is InChI=1S/C21H21N3O4/c1-13(2)20-22-18(28-23-20)12-27-21(26)15-10-19(25)24(11-15)17-9-5-7-14-6-3-4-8-16(14)17/h3-9,13,15H,10-12H2,1-2H3/t15-/m1/s1. The molecule has 2 aromatic carbocycles. The summed E-state index contributed by atoms with van der Waals surface area (Å²) < 4.78 is 10.4. The van der Waals surface area contributed by atoms with Gasteiger partial charge in [0.05, 0.1) is 11.6 Å². The van der Waals surface area contributed by atoms with E-state index in [2.05, 4.69) is 10.1 Å². The largest absolute Gasteiger partial charge is 0.455 e. The molecule has 2 heterocycles. The van der Waals surface area contributed by atoms with Gasteiger partial charge in [0.2, 0.25) is 5.91 Å². The smallest absolute Gasteiger partial charge is 0.311 e. The summed E-state index contributed by atoms with van der Waals surface area (Å²) in [6.45, 7) is 4.11. The Kier molecular flexibility index (Phi) is 4.81. The maximum atomic E-state index is 12.6. The Balaban J connectivity index is 1.44. The van der Waals surface area contributed by atoms with Crippen molar-refractivity contribution in [3.8, 4) is 0 Å². The number of fused-ring (bicyclic) bond motifs is 1. The number of aromatic nitrogens is 2. The molecule has 7 nitrogen and oxygen atoms in total. The van der Waals surface area contributed by atoms with Gasteiger partial charge in [-0.25, -0.2) is 0 Å². The van der Waals surface area contributed by atoms with Crippen LogP contribution in [-0.2, 0) is 20.9 Å². The zero-order valence-electron chi connectivity index (χ0n) is 15.8. The van der Waals surface area contributed by atoms with Crippen LogP contribution in [0.15, 0.2) is 47.0 Å². The van der Waals surface area contributed by atoms with Gasteiger partial charge in [-0.1, -0.05) is 55.4 Å². The van der Waals surface area contributed by atoms with Crippen molar-refractivity contribution in [1.29, 1.82) is 0 Å². The summed E-state index contributed by atoms with van der Waals surface area (Å²) in [6, 6.07) is 13.7. The lowest BCUT2D eigenvalue weighted by Crippen LogP contribution is -2.26. The molecule has 3 aromatic rings. The lowest BCUT2D eigenvalue weighted by atomic mass is 10.1. The Bertz CT molecular complexity index is 1020. The molecule has 1 atom stereocenters. The number of esters is 1. The van der Waals surface area contributed by atoms with Crippen LogP contribution in [0.4, 0.5) is 5.69 Å². The first-order chi connectivity index (χ1) is 13.5. The topological polar surface area (TPSA) is 85.5 Å². The van der Waals surface area contributed by atoms with Gasteiger partial charge >= 0.3 is 5.97 Å². The van der Waals surface area contributed by atoms with Crippen LogP contribution >= 0.6 is 0 Å². The Morgan fingerprint density at radius 2 is 2.04 bits per heavy atom. The molecular formula is C21H21N3O4. The van der Waals surface area contributed by atoms with E-state index in [0.717, 1.165) is 16.5 Å². The number of rotatable bonds is 5. The predicted octanol–water partition coefficient (Wildman–Crippen LogP) is 3.44. The van der Waals surface area contributed by atoms with Gasteiger partial charge in [-0.15, -0.1) is 0 Å². The molecule has 0 saturated carbocycles. The predicted molar refractivity (Wildman–Crippen MR) is 103 cm³/mol. The van der Waals surface area contributed by atoms with Crippen molar-refractivity contribution >= 4 is 28.3 Å². The highest BCUT2D eigenvalue weighted by molar-refractivity contribution is 6.06. The summed E-state index contributed by atoms with van der Waals surface area (Å²) in [6.07, 6.45) is 0.128. The number of hydrogen-bond donors (Lipinski definition) is 0. The van der Waals surface area contributed by atoms with Crippen LogP contribution in [0.2, 0.25) is 0 Å². The van der Waals surface area contributed by atoms with Gasteiger partial charge in [0, 0.05) is 24.3 Å². The fraction of sp³-hybridized carbons (Fsp3) is 0.333. The van der Waals surface area contributed by atoms with Gasteiger partial charge in [-0.05, 0) is 11.5 Å². The van der Waals surface area contributed by atoms with Gasteiger partial charge in [0.1, 0.15) is 0 Å². The second-order valence-electron chi connectivity index (χ2n) is 7.21. The van der Waals surface area contributed by atoms with Crippen LogP contribution in [0.3, 0.4) is 0 Å². The Hall–Kier alpha value is -3.22. The average Bonchev–Trinajstić information content (AvgIpc) is 3.32. The van der Waals surface area contributed by atoms with Crippen LogP contribution in [0.25, 0.3) is 10.8 Å². The molecule has 1 aliphatic rings. The highest BCUT2D eigenvalue weighted by Gasteiger charge is 2.36. The van der Waals surface area contributed by atoms with E-state index in [1.54, 1.807) is 4.90 Å². The van der Waals surface area contributed by atoms with Crippen molar-refractivity contribution in [1.82, 2.24) is 10.1 Å². The van der Waals surface area contributed by atoms with Crippen molar-refractivity contribution < 1.29 is 18.8 Å². The molecule has 1 aliphatic heterocycles. The van der Waals surface area contributed by atoms with Crippen molar-refractivity contribution in [2.45, 2.75) is 32.8 Å². The van der Waals surface area contributed by atoms with E-state index in [1.165, 1.54) is 0 Å². The van der Waals surface area contributed by atoms with E-state index in [9.17, 15) is 9.59 Å². The molecule has 0 spiro atoms. The third-order valence-electron chi connectivity index (χ3n) is 4.85. The van der Waals surface area contributed by atoms with Crippen molar-refractivity contribution in [3.63, 3.8) is 0 Å². The van der Waals surface area contributed by atoms with E-state index in [1.807, 2.05) is 56.3 Å². The zero-order valence-corrected chi connectivity index (χ0v) is 15.8. The number of benzene rings is 2. The highest BCUT2D eigenvalue weighted by atomic mass is 16.6. The number of hydrogen-bond acceptors (Lipinski definition) is 6. The van der Waals surface area contributed by atoms with Crippen LogP contribution in [0.1, 0.15) is 37.9 Å².